The molecule has 1 aromatic rings. The lowest BCUT2D eigenvalue weighted by molar-refractivity contribution is -0.144. The van der Waals surface area contributed by atoms with E-state index in [4.69, 9.17) is 9.47 Å². The van der Waals surface area contributed by atoms with E-state index in [1.54, 1.807) is 27.7 Å². The number of amides is 1. The standard InChI is InChI=1S/C22H31NO4/c1-8-26-19(24)18(23-20(25)27-22(5,6)7)15-14-17(21(2,3)4)16-12-10-9-11-13-16/h9-13,15,18H,8H2,1-7H3,(H,23,25). The molecule has 0 saturated carbocycles. The fraction of sp³-hybridized carbons (Fsp3) is 0.500. The highest BCUT2D eigenvalue weighted by Crippen LogP contribution is 2.32. The van der Waals surface area contributed by atoms with Gasteiger partial charge in [-0.05, 0) is 44.7 Å². The summed E-state index contributed by atoms with van der Waals surface area (Å²) in [6.07, 6.45) is 0.839. The molecule has 0 radical (unpaired) electrons. The Hall–Kier alpha value is -2.52. The molecule has 0 aromatic heterocycles. The first-order valence-electron chi connectivity index (χ1n) is 9.13. The molecule has 0 aliphatic carbocycles. The average molecular weight is 373 g/mol. The van der Waals surface area contributed by atoms with E-state index in [0.717, 1.165) is 11.1 Å². The Labute approximate surface area is 162 Å². The summed E-state index contributed by atoms with van der Waals surface area (Å²) in [4.78, 5) is 24.4. The minimum absolute atomic E-state index is 0.205. The van der Waals surface area contributed by atoms with Crippen molar-refractivity contribution in [1.29, 1.82) is 0 Å². The molecule has 5 nitrogen and oxygen atoms in total. The molecular weight excluding hydrogens is 342 g/mol. The van der Waals surface area contributed by atoms with Gasteiger partial charge >= 0.3 is 12.1 Å². The van der Waals surface area contributed by atoms with Crippen LogP contribution in [0.5, 0.6) is 0 Å². The fourth-order valence-corrected chi connectivity index (χ4v) is 2.34. The maximum atomic E-state index is 12.3. The van der Waals surface area contributed by atoms with Crippen molar-refractivity contribution in [1.82, 2.24) is 5.32 Å². The molecular formula is C22H31NO4. The van der Waals surface area contributed by atoms with E-state index in [1.807, 2.05) is 30.3 Å². The molecule has 1 unspecified atom stereocenters. The lowest BCUT2D eigenvalue weighted by Gasteiger charge is -2.22. The van der Waals surface area contributed by atoms with Crippen LogP contribution in [0.2, 0.25) is 0 Å². The van der Waals surface area contributed by atoms with Gasteiger partial charge in [0, 0.05) is 5.57 Å². The number of alkyl carbamates (subject to hydrolysis) is 1. The zero-order valence-corrected chi connectivity index (χ0v) is 17.4. The van der Waals surface area contributed by atoms with Crippen molar-refractivity contribution in [3.05, 3.63) is 47.7 Å². The Morgan fingerprint density at radius 3 is 2.19 bits per heavy atom. The van der Waals surface area contributed by atoms with Gasteiger partial charge in [0.2, 0.25) is 0 Å². The van der Waals surface area contributed by atoms with Gasteiger partial charge in [-0.25, -0.2) is 9.59 Å². The van der Waals surface area contributed by atoms with E-state index < -0.39 is 23.7 Å². The Morgan fingerprint density at radius 2 is 1.70 bits per heavy atom. The molecule has 0 saturated heterocycles. The third-order valence-corrected chi connectivity index (χ3v) is 3.42. The molecule has 0 spiro atoms. The fourth-order valence-electron chi connectivity index (χ4n) is 2.34. The summed E-state index contributed by atoms with van der Waals surface area (Å²) >= 11 is 0. The van der Waals surface area contributed by atoms with Gasteiger partial charge in [-0.3, -0.25) is 0 Å². The number of carbonyl (C=O) groups is 2. The third-order valence-electron chi connectivity index (χ3n) is 3.42. The van der Waals surface area contributed by atoms with Crippen molar-refractivity contribution < 1.29 is 19.1 Å². The first-order chi connectivity index (χ1) is 12.4. The van der Waals surface area contributed by atoms with E-state index in [1.165, 1.54) is 6.08 Å². The third kappa shape index (κ3) is 8.14. The van der Waals surface area contributed by atoms with Crippen molar-refractivity contribution >= 4 is 17.6 Å². The SMILES string of the molecule is CCOC(=O)C(C=C=C(c1ccccc1)C(C)(C)C)NC(=O)OC(C)(C)C. The number of hydrogen-bond acceptors (Lipinski definition) is 4. The van der Waals surface area contributed by atoms with E-state index in [9.17, 15) is 9.59 Å². The quantitative estimate of drug-likeness (QED) is 0.599. The van der Waals surface area contributed by atoms with Gasteiger partial charge in [-0.2, -0.15) is 0 Å². The molecule has 5 heteroatoms. The maximum absolute atomic E-state index is 12.3. The van der Waals surface area contributed by atoms with Gasteiger partial charge in [0.25, 0.3) is 0 Å². The maximum Gasteiger partial charge on any atom is 0.408 e. The van der Waals surface area contributed by atoms with E-state index >= 15 is 0 Å². The van der Waals surface area contributed by atoms with Crippen LogP contribution in [-0.4, -0.2) is 30.3 Å². The van der Waals surface area contributed by atoms with Crippen molar-refractivity contribution in [3.63, 3.8) is 0 Å². The topological polar surface area (TPSA) is 64.6 Å². The normalized spacial score (nSPS) is 12.4. The second-order valence-electron chi connectivity index (χ2n) is 8.18. The van der Waals surface area contributed by atoms with Crippen molar-refractivity contribution in [2.24, 2.45) is 5.41 Å². The summed E-state index contributed by atoms with van der Waals surface area (Å²) in [6, 6.07) is 8.83. The molecule has 1 amide bonds. The number of nitrogens with one attached hydrogen (secondary N) is 1. The van der Waals surface area contributed by atoms with Crippen LogP contribution < -0.4 is 5.32 Å². The number of hydrogen-bond donors (Lipinski definition) is 1. The predicted molar refractivity (Wildman–Crippen MR) is 107 cm³/mol. The lowest BCUT2D eigenvalue weighted by Crippen LogP contribution is -2.43. The van der Waals surface area contributed by atoms with Gasteiger partial charge in [-0.1, -0.05) is 51.1 Å². The number of carbonyl (C=O) groups excluding carboxylic acids is 2. The van der Waals surface area contributed by atoms with Gasteiger partial charge in [0.15, 0.2) is 6.04 Å². The molecule has 0 bridgehead atoms. The van der Waals surface area contributed by atoms with Crippen molar-refractivity contribution in [3.8, 4) is 0 Å². The molecule has 0 aliphatic rings. The molecule has 1 atom stereocenters. The molecule has 0 aliphatic heterocycles. The number of rotatable bonds is 5. The number of esters is 1. The van der Waals surface area contributed by atoms with Crippen LogP contribution >= 0.6 is 0 Å². The zero-order valence-electron chi connectivity index (χ0n) is 17.4. The van der Waals surface area contributed by atoms with Crippen LogP contribution in [0.25, 0.3) is 5.57 Å². The van der Waals surface area contributed by atoms with Crippen LogP contribution in [0.4, 0.5) is 4.79 Å². The van der Waals surface area contributed by atoms with Crippen LogP contribution in [0, 0.1) is 5.41 Å². The Balaban J connectivity index is 3.25. The molecule has 27 heavy (non-hydrogen) atoms. The van der Waals surface area contributed by atoms with Crippen LogP contribution in [0.3, 0.4) is 0 Å². The smallest absolute Gasteiger partial charge is 0.408 e. The highest BCUT2D eigenvalue weighted by atomic mass is 16.6. The molecule has 0 fully saturated rings. The van der Waals surface area contributed by atoms with E-state index in [-0.39, 0.29) is 12.0 Å². The van der Waals surface area contributed by atoms with Gasteiger partial charge in [-0.15, -0.1) is 5.73 Å². The van der Waals surface area contributed by atoms with Gasteiger partial charge in [0.1, 0.15) is 5.60 Å². The summed E-state index contributed by atoms with van der Waals surface area (Å²) < 4.78 is 10.3. The summed E-state index contributed by atoms with van der Waals surface area (Å²) in [5.74, 6) is -0.558. The summed E-state index contributed by atoms with van der Waals surface area (Å²) in [7, 11) is 0. The second-order valence-corrected chi connectivity index (χ2v) is 8.18. The molecule has 1 aromatic carbocycles. The second kappa shape index (κ2) is 9.43. The summed E-state index contributed by atoms with van der Waals surface area (Å²) in [5.41, 5.74) is 4.26. The van der Waals surface area contributed by atoms with Gasteiger partial charge in [0.05, 0.1) is 6.61 Å². The van der Waals surface area contributed by atoms with E-state index in [2.05, 4.69) is 31.8 Å². The Bertz CT molecular complexity index is 702. The minimum Gasteiger partial charge on any atom is -0.464 e. The summed E-state index contributed by atoms with van der Waals surface area (Å²) in [6.45, 7) is 13.4. The minimum atomic E-state index is -0.985. The Morgan fingerprint density at radius 1 is 1.11 bits per heavy atom. The predicted octanol–water partition coefficient (Wildman–Crippen LogP) is 4.73. The summed E-state index contributed by atoms with van der Waals surface area (Å²) in [5, 5.41) is 2.55. The highest BCUT2D eigenvalue weighted by Gasteiger charge is 2.24. The van der Waals surface area contributed by atoms with Crippen molar-refractivity contribution in [2.45, 2.75) is 60.1 Å². The van der Waals surface area contributed by atoms with E-state index in [0.29, 0.717) is 0 Å². The first-order valence-corrected chi connectivity index (χ1v) is 9.13. The van der Waals surface area contributed by atoms with Crippen molar-refractivity contribution in [2.75, 3.05) is 6.61 Å². The highest BCUT2D eigenvalue weighted by molar-refractivity contribution is 5.83. The first kappa shape index (κ1) is 22.5. The van der Waals surface area contributed by atoms with Crippen LogP contribution in [-0.2, 0) is 14.3 Å². The van der Waals surface area contributed by atoms with Gasteiger partial charge < -0.3 is 14.8 Å². The molecule has 0 heterocycles. The molecule has 1 N–H and O–H groups in total. The zero-order chi connectivity index (χ0) is 20.7. The largest absolute Gasteiger partial charge is 0.464 e. The monoisotopic (exact) mass is 373 g/mol. The van der Waals surface area contributed by atoms with Crippen LogP contribution in [0.15, 0.2) is 42.1 Å². The Kier molecular flexibility index (Phi) is 7.86. The molecule has 1 rings (SSSR count). The number of ether oxygens (including phenoxy) is 2. The van der Waals surface area contributed by atoms with Crippen LogP contribution in [0.1, 0.15) is 54.0 Å². The lowest BCUT2D eigenvalue weighted by atomic mass is 9.82. The number of benzene rings is 1. The molecule has 148 valence electrons. The average Bonchev–Trinajstić information content (AvgIpc) is 2.52.